The summed E-state index contributed by atoms with van der Waals surface area (Å²) in [5.74, 6) is -0.127. The van der Waals surface area contributed by atoms with E-state index in [-0.39, 0.29) is 12.2 Å². The van der Waals surface area contributed by atoms with E-state index in [2.05, 4.69) is 5.32 Å². The lowest BCUT2D eigenvalue weighted by Crippen LogP contribution is -2.18. The van der Waals surface area contributed by atoms with Crippen LogP contribution in [0.25, 0.3) is 0 Å². The van der Waals surface area contributed by atoms with Gasteiger partial charge in [0.15, 0.2) is 6.29 Å². The summed E-state index contributed by atoms with van der Waals surface area (Å²) >= 11 is 0. The third kappa shape index (κ3) is 3.48. The van der Waals surface area contributed by atoms with Crippen LogP contribution >= 0.6 is 0 Å². The van der Waals surface area contributed by atoms with Gasteiger partial charge in [0.2, 0.25) is 0 Å². The number of ether oxygens (including phenoxy) is 2. The van der Waals surface area contributed by atoms with Gasteiger partial charge in [-0.2, -0.15) is 0 Å². The molecule has 4 heteroatoms. The first-order valence-electron chi connectivity index (χ1n) is 7.02. The molecule has 0 spiro atoms. The van der Waals surface area contributed by atoms with Crippen LogP contribution in [0.4, 0.5) is 5.69 Å². The zero-order valence-corrected chi connectivity index (χ0v) is 11.6. The van der Waals surface area contributed by atoms with E-state index in [1.165, 1.54) is 0 Å². The third-order valence-corrected chi connectivity index (χ3v) is 3.30. The molecule has 0 radical (unpaired) electrons. The number of hydrogen-bond donors (Lipinski definition) is 1. The van der Waals surface area contributed by atoms with Crippen LogP contribution in [0.3, 0.4) is 0 Å². The molecule has 1 fully saturated rings. The van der Waals surface area contributed by atoms with E-state index in [4.69, 9.17) is 9.47 Å². The molecule has 3 rings (SSSR count). The van der Waals surface area contributed by atoms with Crippen molar-refractivity contribution in [3.05, 3.63) is 65.7 Å². The van der Waals surface area contributed by atoms with Gasteiger partial charge >= 0.3 is 0 Å². The van der Waals surface area contributed by atoms with E-state index < -0.39 is 0 Å². The third-order valence-electron chi connectivity index (χ3n) is 3.30. The summed E-state index contributed by atoms with van der Waals surface area (Å²) in [5.41, 5.74) is 2.33. The molecule has 1 N–H and O–H groups in total. The van der Waals surface area contributed by atoms with Gasteiger partial charge in [0.1, 0.15) is 0 Å². The minimum absolute atomic E-state index is 0.127. The zero-order chi connectivity index (χ0) is 14.5. The van der Waals surface area contributed by atoms with E-state index in [1.807, 2.05) is 42.5 Å². The summed E-state index contributed by atoms with van der Waals surface area (Å²) in [4.78, 5) is 12.1. The molecule has 1 aliphatic heterocycles. The summed E-state index contributed by atoms with van der Waals surface area (Å²) in [5, 5.41) is 2.86. The van der Waals surface area contributed by atoms with Crippen LogP contribution in [0.1, 0.15) is 28.6 Å². The minimum atomic E-state index is -0.315. The molecule has 0 unspecified atom stereocenters. The van der Waals surface area contributed by atoms with Crippen LogP contribution in [-0.4, -0.2) is 19.1 Å². The minimum Gasteiger partial charge on any atom is -0.348 e. The number of carbonyl (C=O) groups is 1. The van der Waals surface area contributed by atoms with Crippen molar-refractivity contribution in [1.82, 2.24) is 0 Å². The molecule has 2 aromatic carbocycles. The van der Waals surface area contributed by atoms with Gasteiger partial charge in [0, 0.05) is 16.8 Å². The summed E-state index contributed by atoms with van der Waals surface area (Å²) in [7, 11) is 0. The number of carbonyl (C=O) groups excluding carboxylic acids is 1. The number of nitrogens with one attached hydrogen (secondary N) is 1. The van der Waals surface area contributed by atoms with E-state index in [0.717, 1.165) is 17.7 Å². The summed E-state index contributed by atoms with van der Waals surface area (Å²) in [6.45, 7) is 1.42. The van der Waals surface area contributed by atoms with Crippen molar-refractivity contribution in [3.63, 3.8) is 0 Å². The maximum absolute atomic E-state index is 12.1. The molecule has 0 saturated carbocycles. The van der Waals surface area contributed by atoms with E-state index in [0.29, 0.717) is 18.8 Å². The van der Waals surface area contributed by atoms with Gasteiger partial charge in [-0.25, -0.2) is 0 Å². The molecule has 0 atom stereocenters. The number of rotatable bonds is 3. The fourth-order valence-electron chi connectivity index (χ4n) is 2.20. The molecule has 0 aliphatic carbocycles. The second-order valence-corrected chi connectivity index (χ2v) is 4.87. The maximum Gasteiger partial charge on any atom is 0.255 e. The highest BCUT2D eigenvalue weighted by atomic mass is 16.7. The molecule has 1 amide bonds. The molecular formula is C17H17NO3. The first-order valence-corrected chi connectivity index (χ1v) is 7.02. The lowest BCUT2D eigenvalue weighted by Gasteiger charge is -2.23. The van der Waals surface area contributed by atoms with Crippen molar-refractivity contribution in [3.8, 4) is 0 Å². The predicted molar refractivity (Wildman–Crippen MR) is 80.1 cm³/mol. The van der Waals surface area contributed by atoms with Gasteiger partial charge in [-0.05, 0) is 30.7 Å². The van der Waals surface area contributed by atoms with E-state index in [1.54, 1.807) is 12.1 Å². The monoisotopic (exact) mass is 283 g/mol. The standard InChI is InChI=1S/C17H17NO3/c19-16(18-15-5-2-1-3-6-15)13-7-9-14(10-8-13)17-20-11-4-12-21-17/h1-3,5-10,17H,4,11-12H2,(H,18,19). The second-order valence-electron chi connectivity index (χ2n) is 4.87. The highest BCUT2D eigenvalue weighted by molar-refractivity contribution is 6.04. The van der Waals surface area contributed by atoms with Gasteiger partial charge in [0.25, 0.3) is 5.91 Å². The van der Waals surface area contributed by atoms with Gasteiger partial charge in [-0.15, -0.1) is 0 Å². The fourth-order valence-corrected chi connectivity index (χ4v) is 2.20. The second kappa shape index (κ2) is 6.52. The van der Waals surface area contributed by atoms with Gasteiger partial charge in [-0.1, -0.05) is 30.3 Å². The average Bonchev–Trinajstić information content (AvgIpc) is 2.57. The predicted octanol–water partition coefficient (Wildman–Crippen LogP) is 3.37. The Hall–Kier alpha value is -2.17. The Morgan fingerprint density at radius 1 is 0.952 bits per heavy atom. The molecule has 1 aliphatic rings. The van der Waals surface area contributed by atoms with Crippen LogP contribution < -0.4 is 5.32 Å². The van der Waals surface area contributed by atoms with Crippen molar-refractivity contribution in [2.24, 2.45) is 0 Å². The van der Waals surface area contributed by atoms with Crippen molar-refractivity contribution in [2.45, 2.75) is 12.7 Å². The number of anilines is 1. The Kier molecular flexibility index (Phi) is 4.28. The Morgan fingerprint density at radius 3 is 2.29 bits per heavy atom. The Bertz CT molecular complexity index is 589. The molecule has 0 bridgehead atoms. The first-order chi connectivity index (χ1) is 10.3. The Balaban J connectivity index is 1.67. The summed E-state index contributed by atoms with van der Waals surface area (Å²) in [6, 6.07) is 16.7. The molecule has 1 saturated heterocycles. The highest BCUT2D eigenvalue weighted by Gasteiger charge is 2.16. The van der Waals surface area contributed by atoms with Gasteiger partial charge in [0.05, 0.1) is 13.2 Å². The van der Waals surface area contributed by atoms with E-state index >= 15 is 0 Å². The number of amides is 1. The molecule has 1 heterocycles. The van der Waals surface area contributed by atoms with Crippen LogP contribution in [0.2, 0.25) is 0 Å². The molecule has 21 heavy (non-hydrogen) atoms. The molecule has 108 valence electrons. The van der Waals surface area contributed by atoms with Gasteiger partial charge < -0.3 is 14.8 Å². The molecule has 0 aromatic heterocycles. The lowest BCUT2D eigenvalue weighted by molar-refractivity contribution is -0.183. The molecule has 4 nitrogen and oxygen atoms in total. The summed E-state index contributed by atoms with van der Waals surface area (Å²) in [6.07, 6.45) is 0.610. The quantitative estimate of drug-likeness (QED) is 0.939. The molecular weight excluding hydrogens is 266 g/mol. The topological polar surface area (TPSA) is 47.6 Å². The smallest absolute Gasteiger partial charge is 0.255 e. The van der Waals surface area contributed by atoms with E-state index in [9.17, 15) is 4.79 Å². The Labute approximate surface area is 123 Å². The normalized spacial score (nSPS) is 15.6. The summed E-state index contributed by atoms with van der Waals surface area (Å²) < 4.78 is 11.1. The highest BCUT2D eigenvalue weighted by Crippen LogP contribution is 2.23. The van der Waals surface area contributed by atoms with Crippen molar-refractivity contribution >= 4 is 11.6 Å². The largest absolute Gasteiger partial charge is 0.348 e. The van der Waals surface area contributed by atoms with Crippen LogP contribution in [0.5, 0.6) is 0 Å². The Morgan fingerprint density at radius 2 is 1.62 bits per heavy atom. The SMILES string of the molecule is O=C(Nc1ccccc1)c1ccc(C2OCCCO2)cc1. The lowest BCUT2D eigenvalue weighted by atomic mass is 10.1. The molecule has 2 aromatic rings. The number of para-hydroxylation sites is 1. The average molecular weight is 283 g/mol. The zero-order valence-electron chi connectivity index (χ0n) is 11.6. The van der Waals surface area contributed by atoms with Gasteiger partial charge in [-0.3, -0.25) is 4.79 Å². The number of benzene rings is 2. The van der Waals surface area contributed by atoms with Crippen molar-refractivity contribution in [2.75, 3.05) is 18.5 Å². The van der Waals surface area contributed by atoms with Crippen LogP contribution in [0, 0.1) is 0 Å². The van der Waals surface area contributed by atoms with Crippen LogP contribution in [-0.2, 0) is 9.47 Å². The number of hydrogen-bond acceptors (Lipinski definition) is 3. The van der Waals surface area contributed by atoms with Crippen LogP contribution in [0.15, 0.2) is 54.6 Å². The maximum atomic E-state index is 12.1. The first kappa shape index (κ1) is 13.8. The fraction of sp³-hybridized carbons (Fsp3) is 0.235. The van der Waals surface area contributed by atoms with Crippen molar-refractivity contribution in [1.29, 1.82) is 0 Å². The van der Waals surface area contributed by atoms with Crippen molar-refractivity contribution < 1.29 is 14.3 Å².